The number of aryl methyl sites for hydroxylation is 2. The molecule has 1 amide bonds. The number of Topliss-reactive ketones (excluding diaryl/α,β-unsaturated/α-hetero) is 1. The number of anilines is 2. The van der Waals surface area contributed by atoms with Crippen LogP contribution >= 0.6 is 0 Å². The number of hydrogen-bond donors (Lipinski definition) is 6. The molecule has 5 aliphatic rings. The molecule has 1 saturated carbocycles. The standard InChI is InChI=1S/C57H70FN5O13/c1-26-14-13-15-27(2)55(71)60-44-38(23-59-61(11)36-18-20-62(24-36)46-30(5)45-37(35-16-17-35)22-28(3)56(72)63(45)25-39(46)58)50(68)41-42(51(44)69)49(67)33(8)53-43(41)54(70)57(10,76-53)74-21-19-40(73-12)29(4)52(75-34(9)64)32(7)48(66)31(6)47(26)65/h13-15,19,21-23,25-26,29,31-32,35-36,40,47-48,52,65-69H,16-18,20,24H2,1-12H3,(H,60,71)/b14-13+,21-19+,27-15-,59-23-/t26-,29+,31+,32+,36?,40-,47-,48+,52+,57-/m0/s1. The van der Waals surface area contributed by atoms with Crippen LogP contribution in [0.25, 0.3) is 16.3 Å². The summed E-state index contributed by atoms with van der Waals surface area (Å²) in [5, 5.41) is 67.9. The molecule has 6 heterocycles. The second-order valence-corrected chi connectivity index (χ2v) is 21.4. The minimum Gasteiger partial charge on any atom is -0.507 e. The fraction of sp³-hybridized carbons (Fsp3) is 0.491. The van der Waals surface area contributed by atoms with E-state index in [1.165, 1.54) is 70.0 Å². The lowest BCUT2D eigenvalue weighted by atomic mass is 9.78. The van der Waals surface area contributed by atoms with E-state index in [1.807, 2.05) is 17.9 Å². The molecule has 10 atom stereocenters. The van der Waals surface area contributed by atoms with Crippen LogP contribution in [0, 0.1) is 50.3 Å². The number of hydrogen-bond acceptors (Lipinski definition) is 16. The number of aliphatic hydroxyl groups is 2. The Morgan fingerprint density at radius 2 is 1.64 bits per heavy atom. The Hall–Kier alpha value is -6.96. The Kier molecular flexibility index (Phi) is 15.4. The number of rotatable bonds is 7. The zero-order chi connectivity index (χ0) is 55.6. The number of ether oxygens (including phenoxy) is 4. The molecule has 76 heavy (non-hydrogen) atoms. The van der Waals surface area contributed by atoms with Crippen LogP contribution in [0.3, 0.4) is 0 Å². The van der Waals surface area contributed by atoms with E-state index < -0.39 is 94.6 Å². The molecule has 5 bridgehead atoms. The van der Waals surface area contributed by atoms with Gasteiger partial charge in [-0.3, -0.25) is 28.6 Å². The van der Waals surface area contributed by atoms with Gasteiger partial charge >= 0.3 is 11.8 Å². The summed E-state index contributed by atoms with van der Waals surface area (Å²) in [6.45, 7) is 16.7. The first-order chi connectivity index (χ1) is 35.8. The maximum atomic E-state index is 16.2. The van der Waals surface area contributed by atoms with Gasteiger partial charge in [0.25, 0.3) is 17.2 Å². The van der Waals surface area contributed by atoms with Gasteiger partial charge in [0.15, 0.2) is 11.6 Å². The van der Waals surface area contributed by atoms with E-state index in [1.54, 1.807) is 58.8 Å². The van der Waals surface area contributed by atoms with Gasteiger partial charge in [-0.05, 0) is 76.1 Å². The molecule has 19 heteroatoms. The van der Waals surface area contributed by atoms with Crippen molar-refractivity contribution in [1.82, 2.24) is 9.41 Å². The number of pyridine rings is 2. The third-order valence-electron chi connectivity index (χ3n) is 16.0. The molecule has 1 saturated heterocycles. The summed E-state index contributed by atoms with van der Waals surface area (Å²) in [6.07, 6.45) is 8.28. The SMILES string of the molecule is CO[C@H]1/C=C/O[C@@]2(C)Oc3c(C)c(O)c4c(O)c(c(/C=N\N(C)C5CCN(c6c(F)cn7c(=O)c(C)cc(C8CC8)c7c6C)C5)c(O)c4c3C2=O)NC(=O)/C(C)=C\C=C\[C@H](C)[C@H](O)[C@@H](C)[C@@H](O)[C@@H](C)[C@H](OC(C)=O)[C@@H]1C. The number of nitrogens with zero attached hydrogens (tertiary/aromatic N) is 4. The van der Waals surface area contributed by atoms with Crippen LogP contribution in [0.4, 0.5) is 15.8 Å². The van der Waals surface area contributed by atoms with E-state index in [2.05, 4.69) is 5.32 Å². The van der Waals surface area contributed by atoms with Gasteiger partial charge in [-0.1, -0.05) is 45.9 Å². The normalized spacial score (nSPS) is 29.1. The molecule has 9 rings (SSSR count). The molecule has 2 aromatic carbocycles. The average Bonchev–Trinajstić information content (AvgIpc) is 4.05. The average molecular weight is 1050 g/mol. The maximum Gasteiger partial charge on any atom is 0.312 e. The zero-order valence-electron chi connectivity index (χ0n) is 45.1. The minimum atomic E-state index is -2.12. The van der Waals surface area contributed by atoms with Crippen molar-refractivity contribution in [3.63, 3.8) is 0 Å². The molecule has 1 unspecified atom stereocenters. The van der Waals surface area contributed by atoms with E-state index in [4.69, 9.17) is 24.0 Å². The number of aromatic hydroxyl groups is 3. The van der Waals surface area contributed by atoms with E-state index in [9.17, 15) is 44.7 Å². The number of aliphatic hydroxyl groups excluding tert-OH is 2. The Labute approximate surface area is 440 Å². The first-order valence-electron chi connectivity index (χ1n) is 25.8. The molecule has 0 spiro atoms. The third-order valence-corrected chi connectivity index (χ3v) is 16.0. The molecule has 4 aliphatic heterocycles. The molecule has 2 aromatic heterocycles. The molecule has 0 radical (unpaired) electrons. The van der Waals surface area contributed by atoms with Crippen molar-refractivity contribution in [2.45, 2.75) is 131 Å². The van der Waals surface area contributed by atoms with Crippen LogP contribution < -0.4 is 20.5 Å². The minimum absolute atomic E-state index is 0.00697. The number of nitrogens with one attached hydrogen (secondary N) is 1. The monoisotopic (exact) mass is 1050 g/mol. The number of phenols is 3. The van der Waals surface area contributed by atoms with Gasteiger partial charge < -0.3 is 54.7 Å². The Bertz CT molecular complexity index is 3200. The van der Waals surface area contributed by atoms with Crippen molar-refractivity contribution in [3.8, 4) is 23.0 Å². The van der Waals surface area contributed by atoms with E-state index in [0.29, 0.717) is 47.8 Å². The van der Waals surface area contributed by atoms with Crippen molar-refractivity contribution in [2.24, 2.45) is 28.8 Å². The topological polar surface area (TPSA) is 242 Å². The molecule has 1 aliphatic carbocycles. The predicted molar refractivity (Wildman–Crippen MR) is 285 cm³/mol. The van der Waals surface area contributed by atoms with Crippen molar-refractivity contribution >= 4 is 51.5 Å². The number of carbonyl (C=O) groups is 3. The fourth-order valence-electron chi connectivity index (χ4n) is 11.2. The number of halogens is 1. The van der Waals surface area contributed by atoms with Crippen molar-refractivity contribution in [3.05, 3.63) is 98.0 Å². The second-order valence-electron chi connectivity index (χ2n) is 21.4. The van der Waals surface area contributed by atoms with Crippen LogP contribution in [-0.2, 0) is 23.8 Å². The van der Waals surface area contributed by atoms with Gasteiger partial charge in [0.05, 0.1) is 76.4 Å². The molecule has 18 nitrogen and oxygen atoms in total. The number of esters is 1. The molecule has 2 fully saturated rings. The summed E-state index contributed by atoms with van der Waals surface area (Å²) in [5.74, 6) is -9.25. The largest absolute Gasteiger partial charge is 0.507 e. The Morgan fingerprint density at radius 1 is 0.947 bits per heavy atom. The number of likely N-dealkylation sites (N-methyl/N-ethyl adjacent to an activating group) is 1. The Morgan fingerprint density at radius 3 is 2.30 bits per heavy atom. The number of benzene rings is 2. The highest BCUT2D eigenvalue weighted by molar-refractivity contribution is 6.24. The van der Waals surface area contributed by atoms with Crippen LogP contribution in [0.15, 0.2) is 58.3 Å². The number of allylic oxidation sites excluding steroid dienone is 2. The number of hydrazone groups is 1. The zero-order valence-corrected chi connectivity index (χ0v) is 45.1. The van der Waals surface area contributed by atoms with E-state index >= 15 is 4.39 Å². The summed E-state index contributed by atoms with van der Waals surface area (Å²) in [6, 6.07) is 1.60. The first-order valence-corrected chi connectivity index (χ1v) is 25.8. The maximum absolute atomic E-state index is 16.2. The summed E-state index contributed by atoms with van der Waals surface area (Å²) in [5.41, 5.74) is 2.34. The molecule has 4 aromatic rings. The quantitative estimate of drug-likeness (QED) is 0.0344. The van der Waals surface area contributed by atoms with Crippen molar-refractivity contribution in [2.75, 3.05) is 37.5 Å². The van der Waals surface area contributed by atoms with Crippen LogP contribution in [0.5, 0.6) is 23.0 Å². The lowest BCUT2D eigenvalue weighted by molar-refractivity contribution is -0.160. The van der Waals surface area contributed by atoms with E-state index in [0.717, 1.165) is 18.4 Å². The second kappa shape index (κ2) is 21.2. The summed E-state index contributed by atoms with van der Waals surface area (Å²) in [4.78, 5) is 56.4. The number of phenolic OH excluding ortho intramolecular Hbond substituents is 3. The van der Waals surface area contributed by atoms with Gasteiger partial charge in [0.1, 0.15) is 23.4 Å². The molecule has 6 N–H and O–H groups in total. The van der Waals surface area contributed by atoms with Crippen molar-refractivity contribution in [1.29, 1.82) is 0 Å². The number of aromatic nitrogens is 1. The summed E-state index contributed by atoms with van der Waals surface area (Å²) >= 11 is 0. The van der Waals surface area contributed by atoms with Gasteiger partial charge in [0, 0.05) is 86.9 Å². The highest BCUT2D eigenvalue weighted by Gasteiger charge is 2.50. The van der Waals surface area contributed by atoms with Crippen molar-refractivity contribution < 1.29 is 63.3 Å². The first kappa shape index (κ1) is 55.3. The molecule has 408 valence electrons. The van der Waals surface area contributed by atoms with Gasteiger partial charge in [-0.25, -0.2) is 4.39 Å². The summed E-state index contributed by atoms with van der Waals surface area (Å²) < 4.78 is 41.4. The molecular weight excluding hydrogens is 982 g/mol. The van der Waals surface area contributed by atoms with Crippen LogP contribution in [0.1, 0.15) is 112 Å². The number of fused-ring (bicyclic) bond motifs is 15. The fourth-order valence-corrected chi connectivity index (χ4v) is 11.2. The van der Waals surface area contributed by atoms with Gasteiger partial charge in [-0.15, -0.1) is 0 Å². The highest BCUT2D eigenvalue weighted by atomic mass is 19.1. The van der Waals surface area contributed by atoms with E-state index in [-0.39, 0.29) is 56.1 Å². The Balaban J connectivity index is 1.20. The number of methoxy groups -OCH3 is 1. The number of amides is 1. The highest BCUT2D eigenvalue weighted by Crippen LogP contribution is 2.55. The lowest BCUT2D eigenvalue weighted by Gasteiger charge is -2.38. The molecular formula is C57H70FN5O13. The predicted octanol–water partition coefficient (Wildman–Crippen LogP) is 7.54. The lowest BCUT2D eigenvalue weighted by Crippen LogP contribution is -2.46. The summed E-state index contributed by atoms with van der Waals surface area (Å²) in [7, 11) is 3.11. The number of carbonyl (C=O) groups excluding carboxylic acids is 3. The van der Waals surface area contributed by atoms with Gasteiger partial charge in [-0.2, -0.15) is 5.10 Å². The smallest absolute Gasteiger partial charge is 0.312 e. The van der Waals surface area contributed by atoms with Crippen LogP contribution in [-0.4, -0.2) is 122 Å². The third kappa shape index (κ3) is 9.88. The van der Waals surface area contributed by atoms with Gasteiger partial charge in [0.2, 0.25) is 0 Å². The van der Waals surface area contributed by atoms with Crippen LogP contribution in [0.2, 0.25) is 0 Å². The number of ketones is 1.